The van der Waals surface area contributed by atoms with Crippen molar-refractivity contribution in [2.75, 3.05) is 26.4 Å². The number of aliphatic hydroxyl groups excluding tert-OH is 1. The summed E-state index contributed by atoms with van der Waals surface area (Å²) >= 11 is 0. The molecule has 3 saturated carbocycles. The number of alkyl halides is 12. The standard InChI is InChI=1S/C31H44F12O5/c1-26(28(32,33)34,29(35,36)37)18-2-8-22(9-3-18)45-14-21(44)15-46-23-10-4-19(5-11-23)27(30(38,39)40,31(41,42)43)20-6-12-24(13-7-20)47-16-25-17-48-25/h18-25,44H,2-17H2,1H3. The molecule has 4 aliphatic rings. The molecule has 2 unspecified atom stereocenters. The molecule has 1 heterocycles. The first-order valence-corrected chi connectivity index (χ1v) is 16.5. The normalized spacial score (nSPS) is 32.2. The van der Waals surface area contributed by atoms with Gasteiger partial charge < -0.3 is 24.1 Å². The molecule has 0 spiro atoms. The Balaban J connectivity index is 1.24. The van der Waals surface area contributed by atoms with Gasteiger partial charge in [-0.1, -0.05) is 0 Å². The summed E-state index contributed by atoms with van der Waals surface area (Å²) < 4.78 is 190. The highest BCUT2D eigenvalue weighted by atomic mass is 19.4. The van der Waals surface area contributed by atoms with Crippen LogP contribution in [-0.4, -0.2) is 86.8 Å². The maximum absolute atomic E-state index is 14.6. The summed E-state index contributed by atoms with van der Waals surface area (Å²) in [6.07, 6.45) is -27.5. The maximum Gasteiger partial charge on any atom is 0.403 e. The first kappa shape index (κ1) is 39.7. The van der Waals surface area contributed by atoms with E-state index in [1.807, 2.05) is 0 Å². The second-order valence-electron chi connectivity index (χ2n) is 14.1. The van der Waals surface area contributed by atoms with Gasteiger partial charge in [-0.3, -0.25) is 0 Å². The minimum atomic E-state index is -5.53. The van der Waals surface area contributed by atoms with Crippen molar-refractivity contribution in [2.45, 2.75) is 139 Å². The molecule has 5 nitrogen and oxygen atoms in total. The number of hydrogen-bond donors (Lipinski definition) is 1. The van der Waals surface area contributed by atoms with E-state index < -0.39 is 90.5 Å². The Morgan fingerprint density at radius 1 is 0.542 bits per heavy atom. The van der Waals surface area contributed by atoms with Crippen LogP contribution in [0.1, 0.15) is 84.0 Å². The SMILES string of the molecule is CC(C1CCC(OCC(O)COC2CCC(C(C3CCC(OCC4CO4)CC3)(C(F)(F)F)C(F)(F)F)CC2)CC1)(C(F)(F)F)C(F)(F)F. The van der Waals surface area contributed by atoms with Crippen molar-refractivity contribution in [3.05, 3.63) is 0 Å². The van der Waals surface area contributed by atoms with Gasteiger partial charge >= 0.3 is 24.7 Å². The summed E-state index contributed by atoms with van der Waals surface area (Å²) in [5.41, 5.74) is -7.74. The lowest BCUT2D eigenvalue weighted by Gasteiger charge is -2.51. The van der Waals surface area contributed by atoms with Crippen molar-refractivity contribution in [3.8, 4) is 0 Å². The van der Waals surface area contributed by atoms with Crippen LogP contribution in [0.4, 0.5) is 52.7 Å². The van der Waals surface area contributed by atoms with Gasteiger partial charge in [0.05, 0.1) is 44.7 Å². The molecule has 0 aromatic heterocycles. The van der Waals surface area contributed by atoms with Gasteiger partial charge in [0.25, 0.3) is 0 Å². The molecule has 0 aromatic rings. The predicted molar refractivity (Wildman–Crippen MR) is 146 cm³/mol. The number of aliphatic hydroxyl groups is 1. The predicted octanol–water partition coefficient (Wildman–Crippen LogP) is 8.71. The molecule has 4 rings (SSSR count). The zero-order valence-electron chi connectivity index (χ0n) is 26.5. The summed E-state index contributed by atoms with van der Waals surface area (Å²) in [5.74, 6) is -5.05. The Bertz CT molecular complexity index is 973. The van der Waals surface area contributed by atoms with Crippen LogP contribution in [0.25, 0.3) is 0 Å². The molecular weight excluding hydrogens is 680 g/mol. The van der Waals surface area contributed by atoms with Gasteiger partial charge in [-0.25, -0.2) is 0 Å². The molecule has 4 fully saturated rings. The minimum absolute atomic E-state index is 0.0698. The van der Waals surface area contributed by atoms with E-state index in [0.717, 1.165) is 0 Å². The highest BCUT2D eigenvalue weighted by Crippen LogP contribution is 2.65. The number of rotatable bonds is 12. The largest absolute Gasteiger partial charge is 0.403 e. The molecule has 0 bridgehead atoms. The van der Waals surface area contributed by atoms with Crippen LogP contribution in [0.3, 0.4) is 0 Å². The van der Waals surface area contributed by atoms with Gasteiger partial charge in [0.15, 0.2) is 10.8 Å². The fourth-order valence-corrected chi connectivity index (χ4v) is 8.17. The third-order valence-electron chi connectivity index (χ3n) is 11.2. The molecule has 1 aliphatic heterocycles. The monoisotopic (exact) mass is 724 g/mol. The van der Waals surface area contributed by atoms with E-state index in [4.69, 9.17) is 18.9 Å². The van der Waals surface area contributed by atoms with Crippen LogP contribution >= 0.6 is 0 Å². The summed E-state index contributed by atoms with van der Waals surface area (Å²) in [4.78, 5) is 0. The van der Waals surface area contributed by atoms with E-state index in [-0.39, 0.29) is 97.1 Å². The van der Waals surface area contributed by atoms with Crippen molar-refractivity contribution >= 4 is 0 Å². The first-order chi connectivity index (χ1) is 22.1. The maximum atomic E-state index is 14.6. The molecule has 0 aromatic carbocycles. The molecular formula is C31H44F12O5. The molecule has 2 atom stereocenters. The zero-order valence-corrected chi connectivity index (χ0v) is 26.5. The van der Waals surface area contributed by atoms with Crippen LogP contribution in [0, 0.1) is 28.6 Å². The lowest BCUT2D eigenvalue weighted by molar-refractivity contribution is -0.383. The molecule has 282 valence electrons. The molecule has 0 radical (unpaired) electrons. The van der Waals surface area contributed by atoms with Crippen molar-refractivity contribution in [1.29, 1.82) is 0 Å². The summed E-state index contributed by atoms with van der Waals surface area (Å²) in [6, 6.07) is 0. The molecule has 3 aliphatic carbocycles. The van der Waals surface area contributed by atoms with E-state index in [1.54, 1.807) is 0 Å². The third-order valence-corrected chi connectivity index (χ3v) is 11.2. The van der Waals surface area contributed by atoms with Crippen molar-refractivity contribution in [2.24, 2.45) is 28.6 Å². The second kappa shape index (κ2) is 14.9. The van der Waals surface area contributed by atoms with Crippen molar-refractivity contribution in [3.63, 3.8) is 0 Å². The number of ether oxygens (including phenoxy) is 4. The topological polar surface area (TPSA) is 60.5 Å². The smallest absolute Gasteiger partial charge is 0.388 e. The Morgan fingerprint density at radius 2 is 0.875 bits per heavy atom. The van der Waals surface area contributed by atoms with Crippen molar-refractivity contribution in [1.82, 2.24) is 0 Å². The van der Waals surface area contributed by atoms with Gasteiger partial charge in [-0.05, 0) is 102 Å². The van der Waals surface area contributed by atoms with Crippen LogP contribution in [-0.2, 0) is 18.9 Å². The quantitative estimate of drug-likeness (QED) is 0.161. The highest BCUT2D eigenvalue weighted by Gasteiger charge is 2.76. The number of hydrogen-bond acceptors (Lipinski definition) is 5. The Kier molecular flexibility index (Phi) is 12.3. The summed E-state index contributed by atoms with van der Waals surface area (Å²) in [7, 11) is 0. The van der Waals surface area contributed by atoms with Gasteiger partial charge in [-0.15, -0.1) is 0 Å². The van der Waals surface area contributed by atoms with Crippen LogP contribution in [0.15, 0.2) is 0 Å². The van der Waals surface area contributed by atoms with Crippen LogP contribution in [0.5, 0.6) is 0 Å². The molecule has 48 heavy (non-hydrogen) atoms. The molecule has 17 heteroatoms. The van der Waals surface area contributed by atoms with Crippen LogP contribution < -0.4 is 0 Å². The Labute approximate surface area is 271 Å². The first-order valence-electron chi connectivity index (χ1n) is 16.5. The van der Waals surface area contributed by atoms with Gasteiger partial charge in [-0.2, -0.15) is 52.7 Å². The fraction of sp³-hybridized carbons (Fsp3) is 1.00. The molecule has 1 N–H and O–H groups in total. The average molecular weight is 725 g/mol. The van der Waals surface area contributed by atoms with Crippen LogP contribution in [0.2, 0.25) is 0 Å². The highest BCUT2D eigenvalue weighted by molar-refractivity contribution is 5.05. The number of halogens is 12. The molecule has 1 saturated heterocycles. The number of epoxide rings is 1. The second-order valence-corrected chi connectivity index (χ2v) is 14.1. The van der Waals surface area contributed by atoms with Gasteiger partial charge in [0.2, 0.25) is 0 Å². The lowest BCUT2D eigenvalue weighted by atomic mass is 9.57. The van der Waals surface area contributed by atoms with Gasteiger partial charge in [0.1, 0.15) is 12.2 Å². The Hall–Kier alpha value is -1.04. The Morgan fingerprint density at radius 3 is 1.19 bits per heavy atom. The summed E-state index contributed by atoms with van der Waals surface area (Å²) in [6.45, 7) is 0.235. The van der Waals surface area contributed by atoms with E-state index in [1.165, 1.54) is 0 Å². The van der Waals surface area contributed by atoms with Gasteiger partial charge in [0, 0.05) is 0 Å². The molecule has 0 amide bonds. The fourth-order valence-electron chi connectivity index (χ4n) is 8.17. The van der Waals surface area contributed by atoms with E-state index in [0.29, 0.717) is 6.61 Å². The minimum Gasteiger partial charge on any atom is -0.388 e. The summed E-state index contributed by atoms with van der Waals surface area (Å²) in [5, 5.41) is 10.3. The van der Waals surface area contributed by atoms with Crippen molar-refractivity contribution < 1.29 is 76.7 Å². The van der Waals surface area contributed by atoms with E-state index >= 15 is 0 Å². The van der Waals surface area contributed by atoms with E-state index in [9.17, 15) is 57.8 Å². The third kappa shape index (κ3) is 8.52. The zero-order chi connectivity index (χ0) is 35.8. The lowest BCUT2D eigenvalue weighted by Crippen LogP contribution is -2.61. The average Bonchev–Trinajstić information content (AvgIpc) is 3.81. The van der Waals surface area contributed by atoms with E-state index in [2.05, 4.69) is 0 Å².